The van der Waals surface area contributed by atoms with Gasteiger partial charge in [-0.25, -0.2) is 9.97 Å². The molecular weight excluding hydrogens is 320 g/mol. The molecular formula is C16H24N8O. The molecule has 0 spiro atoms. The first-order valence-corrected chi connectivity index (χ1v) is 8.39. The quantitative estimate of drug-likeness (QED) is 0.655. The Morgan fingerprint density at radius 3 is 2.52 bits per heavy atom. The van der Waals surface area contributed by atoms with Crippen LogP contribution in [-0.2, 0) is 4.74 Å². The van der Waals surface area contributed by atoms with E-state index < -0.39 is 0 Å². The number of hydrogen-bond acceptors (Lipinski definition) is 9. The van der Waals surface area contributed by atoms with E-state index in [-0.39, 0.29) is 0 Å². The second kappa shape index (κ2) is 10.3. The lowest BCUT2D eigenvalue weighted by molar-refractivity contribution is 0.0398. The molecule has 0 atom stereocenters. The monoisotopic (exact) mass is 344 g/mol. The maximum absolute atomic E-state index is 8.82. The minimum Gasteiger partial charge on any atom is -0.393 e. The standard InChI is InChI=1S/C16H24N8O/c17-3-1-6-24(7-2-4-18)16-14(19)15(21-13-22-16)20-5-8-23-9-11-25-12-10-23/h13H,1-2,5-12,19H2,(H,20,21,22). The van der Waals surface area contributed by atoms with Crippen molar-refractivity contribution < 1.29 is 4.74 Å². The summed E-state index contributed by atoms with van der Waals surface area (Å²) in [5, 5.41) is 20.9. The summed E-state index contributed by atoms with van der Waals surface area (Å²) in [5.41, 5.74) is 6.66. The average molecular weight is 344 g/mol. The lowest BCUT2D eigenvalue weighted by Crippen LogP contribution is -2.39. The molecule has 0 aliphatic carbocycles. The molecule has 2 heterocycles. The van der Waals surface area contributed by atoms with E-state index in [1.807, 2.05) is 4.90 Å². The first-order chi connectivity index (χ1) is 12.3. The molecule has 25 heavy (non-hydrogen) atoms. The Hall–Kier alpha value is -2.62. The van der Waals surface area contributed by atoms with Crippen LogP contribution in [0.15, 0.2) is 6.33 Å². The van der Waals surface area contributed by atoms with E-state index in [9.17, 15) is 0 Å². The topological polar surface area (TPSA) is 127 Å². The fourth-order valence-electron chi connectivity index (χ4n) is 2.63. The van der Waals surface area contributed by atoms with Gasteiger partial charge in [-0.1, -0.05) is 0 Å². The summed E-state index contributed by atoms with van der Waals surface area (Å²) < 4.78 is 5.34. The van der Waals surface area contributed by atoms with Gasteiger partial charge in [0.2, 0.25) is 0 Å². The third-order valence-electron chi connectivity index (χ3n) is 3.97. The van der Waals surface area contributed by atoms with Crippen LogP contribution in [0.2, 0.25) is 0 Å². The maximum atomic E-state index is 8.82. The molecule has 1 aliphatic rings. The van der Waals surface area contributed by atoms with Crippen LogP contribution >= 0.6 is 0 Å². The van der Waals surface area contributed by atoms with Crippen LogP contribution in [0.1, 0.15) is 12.8 Å². The normalized spacial score (nSPS) is 14.5. The molecule has 1 aliphatic heterocycles. The highest BCUT2D eigenvalue weighted by molar-refractivity contribution is 5.74. The molecule has 0 radical (unpaired) electrons. The van der Waals surface area contributed by atoms with E-state index in [2.05, 4.69) is 32.3 Å². The Balaban J connectivity index is 1.98. The summed E-state index contributed by atoms with van der Waals surface area (Å²) in [7, 11) is 0. The highest BCUT2D eigenvalue weighted by atomic mass is 16.5. The van der Waals surface area contributed by atoms with Gasteiger partial charge in [0.05, 0.1) is 38.2 Å². The predicted molar refractivity (Wildman–Crippen MR) is 94.9 cm³/mol. The summed E-state index contributed by atoms with van der Waals surface area (Å²) in [4.78, 5) is 12.6. The van der Waals surface area contributed by atoms with Crippen molar-refractivity contribution in [1.29, 1.82) is 10.5 Å². The van der Waals surface area contributed by atoms with Crippen molar-refractivity contribution in [3.8, 4) is 12.1 Å². The van der Waals surface area contributed by atoms with Gasteiger partial charge in [-0.05, 0) is 0 Å². The van der Waals surface area contributed by atoms with Gasteiger partial charge in [0.1, 0.15) is 12.0 Å². The molecule has 9 heteroatoms. The molecule has 9 nitrogen and oxygen atoms in total. The summed E-state index contributed by atoms with van der Waals surface area (Å²) in [6.07, 6.45) is 2.14. The highest BCUT2D eigenvalue weighted by Gasteiger charge is 2.15. The molecule has 2 rings (SSSR count). The summed E-state index contributed by atoms with van der Waals surface area (Å²) in [5.74, 6) is 1.14. The number of morpholine rings is 1. The van der Waals surface area contributed by atoms with Gasteiger partial charge in [-0.3, -0.25) is 4.90 Å². The van der Waals surface area contributed by atoms with Crippen LogP contribution in [-0.4, -0.2) is 67.4 Å². The Kier molecular flexibility index (Phi) is 7.70. The number of nitriles is 2. The molecule has 1 aromatic heterocycles. The van der Waals surface area contributed by atoms with Crippen molar-refractivity contribution >= 4 is 17.3 Å². The molecule has 3 N–H and O–H groups in total. The smallest absolute Gasteiger partial charge is 0.157 e. The van der Waals surface area contributed by atoms with Crippen LogP contribution < -0.4 is 16.0 Å². The van der Waals surface area contributed by atoms with E-state index in [0.717, 1.165) is 39.4 Å². The van der Waals surface area contributed by atoms with Crippen molar-refractivity contribution in [2.24, 2.45) is 0 Å². The fourth-order valence-corrected chi connectivity index (χ4v) is 2.63. The second-order valence-corrected chi connectivity index (χ2v) is 5.64. The Labute approximate surface area is 148 Å². The first kappa shape index (κ1) is 18.7. The zero-order valence-corrected chi connectivity index (χ0v) is 14.3. The van der Waals surface area contributed by atoms with E-state index in [1.54, 1.807) is 0 Å². The summed E-state index contributed by atoms with van der Waals surface area (Å²) in [6.45, 7) is 5.97. The number of rotatable bonds is 9. The van der Waals surface area contributed by atoms with Crippen molar-refractivity contribution in [2.75, 3.05) is 68.4 Å². The van der Waals surface area contributed by atoms with Gasteiger partial charge < -0.3 is 20.7 Å². The highest BCUT2D eigenvalue weighted by Crippen LogP contribution is 2.26. The molecule has 134 valence electrons. The number of nitrogens with two attached hydrogens (primary N) is 1. The number of hydrogen-bond donors (Lipinski definition) is 2. The van der Waals surface area contributed by atoms with Crippen molar-refractivity contribution in [3.05, 3.63) is 6.33 Å². The number of nitrogen functional groups attached to an aromatic ring is 1. The number of nitrogens with zero attached hydrogens (tertiary/aromatic N) is 6. The summed E-state index contributed by atoms with van der Waals surface area (Å²) in [6, 6.07) is 4.22. The predicted octanol–water partition coefficient (Wildman–Crippen LogP) is 0.437. The van der Waals surface area contributed by atoms with Gasteiger partial charge in [0.15, 0.2) is 11.6 Å². The lowest BCUT2D eigenvalue weighted by Gasteiger charge is -2.27. The minimum absolute atomic E-state index is 0.342. The van der Waals surface area contributed by atoms with Crippen molar-refractivity contribution in [2.45, 2.75) is 12.8 Å². The van der Waals surface area contributed by atoms with Gasteiger partial charge in [0, 0.05) is 39.3 Å². The van der Waals surface area contributed by atoms with E-state index in [0.29, 0.717) is 43.3 Å². The Bertz CT molecular complexity index is 600. The zero-order chi connectivity index (χ0) is 17.9. The van der Waals surface area contributed by atoms with Crippen LogP contribution in [0.25, 0.3) is 0 Å². The maximum Gasteiger partial charge on any atom is 0.157 e. The van der Waals surface area contributed by atoms with E-state index in [1.165, 1.54) is 6.33 Å². The van der Waals surface area contributed by atoms with E-state index >= 15 is 0 Å². The van der Waals surface area contributed by atoms with Gasteiger partial charge in [-0.2, -0.15) is 10.5 Å². The Morgan fingerprint density at radius 2 is 1.88 bits per heavy atom. The molecule has 0 unspecified atom stereocenters. The lowest BCUT2D eigenvalue weighted by atomic mass is 10.3. The number of ether oxygens (including phenoxy) is 1. The molecule has 0 aromatic carbocycles. The minimum atomic E-state index is 0.342. The van der Waals surface area contributed by atoms with Gasteiger partial charge in [-0.15, -0.1) is 0 Å². The van der Waals surface area contributed by atoms with Crippen LogP contribution in [0, 0.1) is 22.7 Å². The van der Waals surface area contributed by atoms with Gasteiger partial charge >= 0.3 is 0 Å². The second-order valence-electron chi connectivity index (χ2n) is 5.64. The molecule has 1 aromatic rings. The SMILES string of the molecule is N#CCCN(CCC#N)c1ncnc(NCCN2CCOCC2)c1N. The molecule has 0 bridgehead atoms. The average Bonchev–Trinajstić information content (AvgIpc) is 2.65. The van der Waals surface area contributed by atoms with Gasteiger partial charge in [0.25, 0.3) is 0 Å². The van der Waals surface area contributed by atoms with E-state index in [4.69, 9.17) is 21.0 Å². The molecule has 0 saturated carbocycles. The first-order valence-electron chi connectivity index (χ1n) is 8.39. The largest absolute Gasteiger partial charge is 0.393 e. The number of aromatic nitrogens is 2. The van der Waals surface area contributed by atoms with Crippen LogP contribution in [0.5, 0.6) is 0 Å². The summed E-state index contributed by atoms with van der Waals surface area (Å²) >= 11 is 0. The van der Waals surface area contributed by atoms with Crippen LogP contribution in [0.3, 0.4) is 0 Å². The molecule has 0 amide bonds. The van der Waals surface area contributed by atoms with Crippen LogP contribution in [0.4, 0.5) is 17.3 Å². The third-order valence-corrected chi connectivity index (χ3v) is 3.97. The molecule has 1 saturated heterocycles. The fraction of sp³-hybridized carbons (Fsp3) is 0.625. The third kappa shape index (κ3) is 5.75. The van der Waals surface area contributed by atoms with Crippen molar-refractivity contribution in [1.82, 2.24) is 14.9 Å². The zero-order valence-electron chi connectivity index (χ0n) is 14.3. The number of anilines is 3. The van der Waals surface area contributed by atoms with Crippen molar-refractivity contribution in [3.63, 3.8) is 0 Å². The Morgan fingerprint density at radius 1 is 1.20 bits per heavy atom. The number of nitrogens with one attached hydrogen (secondary N) is 1. The molecule has 1 fully saturated rings.